The van der Waals surface area contributed by atoms with Crippen molar-refractivity contribution in [3.63, 3.8) is 0 Å². The van der Waals surface area contributed by atoms with Crippen LogP contribution in [0.5, 0.6) is 0 Å². The lowest BCUT2D eigenvalue weighted by Gasteiger charge is -2.13. The second-order valence-corrected chi connectivity index (χ2v) is 12.0. The summed E-state index contributed by atoms with van der Waals surface area (Å²) in [5.74, 6) is 0.0903. The number of nitrogens with one attached hydrogen (secondary N) is 1. The van der Waals surface area contributed by atoms with Crippen molar-refractivity contribution in [2.45, 2.75) is 34.2 Å². The number of pyridine rings is 2. The molecule has 0 spiro atoms. The van der Waals surface area contributed by atoms with Gasteiger partial charge in [-0.05, 0) is 92.4 Å². The molecule has 1 N–H and O–H groups in total. The summed E-state index contributed by atoms with van der Waals surface area (Å²) >= 11 is 0. The van der Waals surface area contributed by atoms with Gasteiger partial charge in [-0.25, -0.2) is 9.97 Å². The van der Waals surface area contributed by atoms with E-state index < -0.39 is 0 Å². The summed E-state index contributed by atoms with van der Waals surface area (Å²) in [6.07, 6.45) is 6.48. The van der Waals surface area contributed by atoms with Gasteiger partial charge in [0.05, 0.1) is 23.2 Å². The zero-order valence-electron chi connectivity index (χ0n) is 27.7. The monoisotopic (exact) mass is 646 g/mol. The smallest absolute Gasteiger partial charge is 0.200 e. The highest BCUT2D eigenvalue weighted by molar-refractivity contribution is 6.11. The number of benzene rings is 4. The minimum Gasteiger partial charge on any atom is -0.360 e. The second kappa shape index (κ2) is 13.8. The van der Waals surface area contributed by atoms with Crippen molar-refractivity contribution in [1.82, 2.24) is 19.5 Å². The number of hydrogen-bond acceptors (Lipinski definition) is 6. The molecule has 7 rings (SSSR count). The Hall–Kier alpha value is -6.28. The molecule has 0 aliphatic carbocycles. The lowest BCUT2D eigenvalue weighted by molar-refractivity contribution is 0.102. The number of H-pyrrole nitrogens is 1. The molecule has 0 atom stereocenters. The predicted octanol–water partition coefficient (Wildman–Crippen LogP) is 7.06. The molecule has 8 nitrogen and oxygen atoms in total. The molecule has 0 saturated heterocycles. The Bertz CT molecular complexity index is 2500. The topological polar surface area (TPSA) is 115 Å². The number of aromatic nitrogens is 4. The van der Waals surface area contributed by atoms with E-state index in [1.807, 2.05) is 80.8 Å². The molecule has 7 aromatic rings. The van der Waals surface area contributed by atoms with Crippen LogP contribution in [0.3, 0.4) is 0 Å². The Morgan fingerprint density at radius 2 is 1.18 bits per heavy atom. The Morgan fingerprint density at radius 1 is 0.633 bits per heavy atom. The van der Waals surface area contributed by atoms with E-state index in [9.17, 15) is 19.2 Å². The van der Waals surface area contributed by atoms with Crippen LogP contribution in [0.15, 0.2) is 125 Å². The fraction of sp³-hybridized carbons (Fsp3) is 0.122. The Balaban J connectivity index is 0.000000177. The summed E-state index contributed by atoms with van der Waals surface area (Å²) in [6.45, 7) is 8.27. The van der Waals surface area contributed by atoms with Gasteiger partial charge in [-0.3, -0.25) is 19.2 Å². The number of rotatable bonds is 6. The zero-order valence-corrected chi connectivity index (χ0v) is 27.7. The molecule has 8 heteroatoms. The summed E-state index contributed by atoms with van der Waals surface area (Å²) < 4.78 is 1.86. The number of nitrogens with zero attached hydrogens (tertiary/aromatic N) is 3. The van der Waals surface area contributed by atoms with Gasteiger partial charge in [-0.2, -0.15) is 0 Å². The predicted molar refractivity (Wildman–Crippen MR) is 193 cm³/mol. The molecule has 0 bridgehead atoms. The first-order valence-electron chi connectivity index (χ1n) is 15.8. The van der Waals surface area contributed by atoms with Crippen LogP contribution in [0, 0.1) is 27.7 Å². The van der Waals surface area contributed by atoms with Crippen LogP contribution < -0.4 is 10.9 Å². The fourth-order valence-electron chi connectivity index (χ4n) is 5.61. The summed E-state index contributed by atoms with van der Waals surface area (Å²) in [6, 6.07) is 27.2. The molecule has 3 aromatic heterocycles. The first-order chi connectivity index (χ1) is 23.6. The molecule has 0 aliphatic rings. The highest BCUT2D eigenvalue weighted by atomic mass is 16.1. The zero-order chi connectivity index (χ0) is 34.7. The number of aryl methyl sites for hydroxylation is 4. The van der Waals surface area contributed by atoms with E-state index in [4.69, 9.17) is 0 Å². The van der Waals surface area contributed by atoms with Crippen molar-refractivity contribution < 1.29 is 9.59 Å². The van der Waals surface area contributed by atoms with Crippen LogP contribution in [-0.2, 0) is 6.54 Å². The lowest BCUT2D eigenvalue weighted by Crippen LogP contribution is -2.20. The molecule has 0 fully saturated rings. The van der Waals surface area contributed by atoms with E-state index in [1.54, 1.807) is 61.1 Å². The van der Waals surface area contributed by atoms with Gasteiger partial charge in [0.15, 0.2) is 11.6 Å². The molecule has 242 valence electrons. The largest absolute Gasteiger partial charge is 0.360 e. The number of carbonyl (C=O) groups excluding carboxylic acids is 2. The number of ketones is 2. The molecule has 0 radical (unpaired) electrons. The summed E-state index contributed by atoms with van der Waals surface area (Å²) in [4.78, 5) is 62.7. The van der Waals surface area contributed by atoms with Crippen molar-refractivity contribution in [2.24, 2.45) is 0 Å². The van der Waals surface area contributed by atoms with E-state index in [1.165, 1.54) is 6.20 Å². The third-order valence-corrected chi connectivity index (χ3v) is 8.73. The van der Waals surface area contributed by atoms with Crippen LogP contribution in [0.1, 0.15) is 59.9 Å². The lowest BCUT2D eigenvalue weighted by atomic mass is 9.99. The van der Waals surface area contributed by atoms with E-state index in [-0.39, 0.29) is 33.6 Å². The Labute approximate surface area is 282 Å². The first kappa shape index (κ1) is 32.7. The maximum Gasteiger partial charge on any atom is 0.200 e. The Morgan fingerprint density at radius 3 is 1.82 bits per heavy atom. The first-order valence-corrected chi connectivity index (χ1v) is 15.8. The van der Waals surface area contributed by atoms with E-state index >= 15 is 0 Å². The number of carbonyl (C=O) groups is 2. The number of fused-ring (bicyclic) bond motifs is 2. The van der Waals surface area contributed by atoms with Gasteiger partial charge in [0, 0.05) is 52.2 Å². The highest BCUT2D eigenvalue weighted by Gasteiger charge is 2.18. The molecule has 0 amide bonds. The van der Waals surface area contributed by atoms with Crippen molar-refractivity contribution >= 4 is 33.4 Å². The van der Waals surface area contributed by atoms with Gasteiger partial charge >= 0.3 is 0 Å². The van der Waals surface area contributed by atoms with Crippen LogP contribution in [0.25, 0.3) is 21.8 Å². The Kier molecular flexibility index (Phi) is 9.22. The van der Waals surface area contributed by atoms with Crippen LogP contribution in [0.4, 0.5) is 0 Å². The highest BCUT2D eigenvalue weighted by Crippen LogP contribution is 2.18. The van der Waals surface area contributed by atoms with Crippen LogP contribution in [0.2, 0.25) is 0 Å². The minimum atomic E-state index is -0.276. The average Bonchev–Trinajstić information content (AvgIpc) is 3.12. The quantitative estimate of drug-likeness (QED) is 0.194. The van der Waals surface area contributed by atoms with Crippen molar-refractivity contribution in [3.8, 4) is 0 Å². The maximum atomic E-state index is 13.1. The van der Waals surface area contributed by atoms with Crippen molar-refractivity contribution in [1.29, 1.82) is 0 Å². The van der Waals surface area contributed by atoms with Crippen LogP contribution >= 0.6 is 0 Å². The minimum absolute atomic E-state index is 0.151. The molecule has 3 heterocycles. The van der Waals surface area contributed by atoms with Crippen LogP contribution in [-0.4, -0.2) is 31.1 Å². The number of para-hydroxylation sites is 2. The third-order valence-electron chi connectivity index (χ3n) is 8.73. The molecule has 0 unspecified atom stereocenters. The molecule has 0 aliphatic heterocycles. The molecular weight excluding hydrogens is 612 g/mol. The van der Waals surface area contributed by atoms with Gasteiger partial charge in [0.2, 0.25) is 10.9 Å². The standard InChI is InChI=1S/C23H19N3O2.C18H15NO2/c1-15-8-9-17(12-16(15)2)22(27)19-13-26(14-21-24-10-5-11-25-21)20-7-4-3-6-18(20)23(19)28;1-11-7-8-13(9-12(11)2)17(20)15-10-19-16-6-4-3-5-14(16)18(15)21/h3-13H,14H2,1-2H3;3-10H,1-2H3,(H,19,21). The summed E-state index contributed by atoms with van der Waals surface area (Å²) in [7, 11) is 0. The number of hydrogen-bond donors (Lipinski definition) is 1. The van der Waals surface area contributed by atoms with Gasteiger partial charge in [-0.15, -0.1) is 0 Å². The van der Waals surface area contributed by atoms with Gasteiger partial charge in [-0.1, -0.05) is 48.5 Å². The van der Waals surface area contributed by atoms with Gasteiger partial charge < -0.3 is 9.55 Å². The molecule has 4 aromatic carbocycles. The maximum absolute atomic E-state index is 13.1. The van der Waals surface area contributed by atoms with Gasteiger partial charge in [0.25, 0.3) is 0 Å². The van der Waals surface area contributed by atoms with Gasteiger partial charge in [0.1, 0.15) is 5.82 Å². The summed E-state index contributed by atoms with van der Waals surface area (Å²) in [5.41, 5.74) is 6.66. The normalized spacial score (nSPS) is 10.9. The van der Waals surface area contributed by atoms with E-state index in [2.05, 4.69) is 15.0 Å². The number of aromatic amines is 1. The molecule has 0 saturated carbocycles. The van der Waals surface area contributed by atoms with E-state index in [0.717, 1.165) is 33.3 Å². The van der Waals surface area contributed by atoms with E-state index in [0.29, 0.717) is 34.3 Å². The molecule has 49 heavy (non-hydrogen) atoms. The average molecular weight is 647 g/mol. The second-order valence-electron chi connectivity index (χ2n) is 12.0. The van der Waals surface area contributed by atoms with Crippen molar-refractivity contribution in [3.05, 3.63) is 187 Å². The van der Waals surface area contributed by atoms with Crippen molar-refractivity contribution in [2.75, 3.05) is 0 Å². The SMILES string of the molecule is Cc1ccc(C(=O)c2c[nH]c3ccccc3c2=O)cc1C.Cc1ccc(C(=O)c2cn(Cc3ncccn3)c3ccccc3c2=O)cc1C. The molecular formula is C41H34N4O4. The summed E-state index contributed by atoms with van der Waals surface area (Å²) in [5, 5.41) is 1.04. The fourth-order valence-corrected chi connectivity index (χ4v) is 5.61. The third kappa shape index (κ3) is 6.75.